The first-order valence-electron chi connectivity index (χ1n) is 6.42. The number of aromatic nitrogens is 1. The van der Waals surface area contributed by atoms with Gasteiger partial charge < -0.3 is 19.9 Å². The molecular formula is C14H19N3O. The van der Waals surface area contributed by atoms with Crippen LogP contribution in [-0.2, 0) is 0 Å². The van der Waals surface area contributed by atoms with Gasteiger partial charge >= 0.3 is 0 Å². The van der Waals surface area contributed by atoms with Gasteiger partial charge in [-0.3, -0.25) is 0 Å². The maximum absolute atomic E-state index is 5.42. The normalized spacial score (nSPS) is 16.2. The van der Waals surface area contributed by atoms with Gasteiger partial charge in [-0.25, -0.2) is 0 Å². The molecule has 4 nitrogen and oxygen atoms in total. The standard InChI is InChI=1S/C14H19N3O/c1-10-14(17-8-6-15-7-9-17)11-4-3-5-12(18-2)13(11)16-10/h3-5,15-16H,6-9H2,1-2H3. The third kappa shape index (κ3) is 1.73. The summed E-state index contributed by atoms with van der Waals surface area (Å²) in [5.74, 6) is 0.914. The number of hydrogen-bond acceptors (Lipinski definition) is 3. The van der Waals surface area contributed by atoms with E-state index in [1.807, 2.05) is 6.07 Å². The van der Waals surface area contributed by atoms with Crippen LogP contribution in [0, 0.1) is 6.92 Å². The first kappa shape index (κ1) is 11.4. The van der Waals surface area contributed by atoms with Gasteiger partial charge in [0.05, 0.1) is 18.3 Å². The molecule has 1 aliphatic rings. The second-order valence-electron chi connectivity index (χ2n) is 4.72. The molecule has 0 unspecified atom stereocenters. The largest absolute Gasteiger partial charge is 0.495 e. The van der Waals surface area contributed by atoms with E-state index < -0.39 is 0 Å². The highest BCUT2D eigenvalue weighted by atomic mass is 16.5. The Hall–Kier alpha value is -1.68. The Kier molecular flexibility index (Phi) is 2.88. The van der Waals surface area contributed by atoms with Crippen molar-refractivity contribution in [3.05, 3.63) is 23.9 Å². The molecule has 18 heavy (non-hydrogen) atoms. The second-order valence-corrected chi connectivity index (χ2v) is 4.72. The van der Waals surface area contributed by atoms with E-state index in [9.17, 15) is 0 Å². The fourth-order valence-electron chi connectivity index (χ4n) is 2.77. The van der Waals surface area contributed by atoms with E-state index in [0.717, 1.165) is 37.4 Å². The highest BCUT2D eigenvalue weighted by Crippen LogP contribution is 2.35. The molecule has 0 radical (unpaired) electrons. The Labute approximate surface area is 107 Å². The van der Waals surface area contributed by atoms with E-state index in [-0.39, 0.29) is 0 Å². The first-order chi connectivity index (χ1) is 8.81. The summed E-state index contributed by atoms with van der Waals surface area (Å²) in [5.41, 5.74) is 3.65. The number of aryl methyl sites for hydroxylation is 1. The van der Waals surface area contributed by atoms with Crippen molar-refractivity contribution >= 4 is 16.6 Å². The molecule has 1 aliphatic heterocycles. The number of anilines is 1. The van der Waals surface area contributed by atoms with Gasteiger partial charge in [0.15, 0.2) is 0 Å². The lowest BCUT2D eigenvalue weighted by atomic mass is 10.2. The molecule has 96 valence electrons. The van der Waals surface area contributed by atoms with Crippen molar-refractivity contribution in [3.63, 3.8) is 0 Å². The number of fused-ring (bicyclic) bond motifs is 1. The number of para-hydroxylation sites is 1. The number of ether oxygens (including phenoxy) is 1. The molecule has 1 saturated heterocycles. The molecule has 2 aromatic rings. The zero-order valence-corrected chi connectivity index (χ0v) is 10.9. The maximum atomic E-state index is 5.42. The van der Waals surface area contributed by atoms with Crippen LogP contribution in [-0.4, -0.2) is 38.3 Å². The van der Waals surface area contributed by atoms with Crippen molar-refractivity contribution in [2.24, 2.45) is 0 Å². The lowest BCUT2D eigenvalue weighted by Crippen LogP contribution is -2.43. The van der Waals surface area contributed by atoms with Crippen molar-refractivity contribution in [2.45, 2.75) is 6.92 Å². The van der Waals surface area contributed by atoms with Gasteiger partial charge in [-0.2, -0.15) is 0 Å². The lowest BCUT2D eigenvalue weighted by molar-refractivity contribution is 0.419. The number of piperazine rings is 1. The van der Waals surface area contributed by atoms with Crippen LogP contribution in [0.3, 0.4) is 0 Å². The molecular weight excluding hydrogens is 226 g/mol. The number of methoxy groups -OCH3 is 1. The number of rotatable bonds is 2. The SMILES string of the molecule is COc1cccc2c(N3CCNCC3)c(C)[nH]c12. The Morgan fingerprint density at radius 3 is 2.72 bits per heavy atom. The monoisotopic (exact) mass is 245 g/mol. The molecule has 1 aromatic carbocycles. The molecule has 2 N–H and O–H groups in total. The third-order valence-corrected chi connectivity index (χ3v) is 3.60. The predicted molar refractivity (Wildman–Crippen MR) is 74.7 cm³/mol. The summed E-state index contributed by atoms with van der Waals surface area (Å²) in [6.45, 7) is 6.36. The van der Waals surface area contributed by atoms with Crippen LogP contribution in [0.25, 0.3) is 10.9 Å². The van der Waals surface area contributed by atoms with Crippen molar-refractivity contribution < 1.29 is 4.74 Å². The number of aromatic amines is 1. The molecule has 4 heteroatoms. The number of nitrogens with zero attached hydrogens (tertiary/aromatic N) is 1. The Balaban J connectivity index is 2.13. The van der Waals surface area contributed by atoms with E-state index in [4.69, 9.17) is 4.74 Å². The van der Waals surface area contributed by atoms with Crippen molar-refractivity contribution in [1.29, 1.82) is 0 Å². The average molecular weight is 245 g/mol. The second kappa shape index (κ2) is 4.53. The highest BCUT2D eigenvalue weighted by Gasteiger charge is 2.18. The topological polar surface area (TPSA) is 40.3 Å². The maximum Gasteiger partial charge on any atom is 0.142 e. The molecule has 0 saturated carbocycles. The first-order valence-corrected chi connectivity index (χ1v) is 6.42. The van der Waals surface area contributed by atoms with Gasteiger partial charge in [0, 0.05) is 37.3 Å². The third-order valence-electron chi connectivity index (χ3n) is 3.60. The van der Waals surface area contributed by atoms with Gasteiger partial charge in [0.25, 0.3) is 0 Å². The molecule has 2 heterocycles. The quantitative estimate of drug-likeness (QED) is 0.849. The molecule has 0 aliphatic carbocycles. The van der Waals surface area contributed by atoms with Crippen LogP contribution in [0.2, 0.25) is 0 Å². The van der Waals surface area contributed by atoms with E-state index in [1.54, 1.807) is 7.11 Å². The Bertz CT molecular complexity index is 555. The molecule has 0 spiro atoms. The molecule has 1 aromatic heterocycles. The summed E-state index contributed by atoms with van der Waals surface area (Å²) in [7, 11) is 1.72. The molecule has 0 bridgehead atoms. The number of nitrogens with one attached hydrogen (secondary N) is 2. The summed E-state index contributed by atoms with van der Waals surface area (Å²) >= 11 is 0. The summed E-state index contributed by atoms with van der Waals surface area (Å²) in [6, 6.07) is 6.22. The van der Waals surface area contributed by atoms with Gasteiger partial charge in [0.2, 0.25) is 0 Å². The molecule has 0 amide bonds. The predicted octanol–water partition coefficient (Wildman–Crippen LogP) is 1.89. The summed E-state index contributed by atoms with van der Waals surface area (Å²) < 4.78 is 5.42. The smallest absolute Gasteiger partial charge is 0.142 e. The van der Waals surface area contributed by atoms with Gasteiger partial charge in [-0.05, 0) is 13.0 Å². The van der Waals surface area contributed by atoms with Crippen LogP contribution < -0.4 is 15.0 Å². The average Bonchev–Trinajstić information content (AvgIpc) is 2.75. The Morgan fingerprint density at radius 1 is 1.22 bits per heavy atom. The minimum Gasteiger partial charge on any atom is -0.495 e. The van der Waals surface area contributed by atoms with Crippen LogP contribution in [0.5, 0.6) is 5.75 Å². The summed E-state index contributed by atoms with van der Waals surface area (Å²) in [5, 5.41) is 4.65. The lowest BCUT2D eigenvalue weighted by Gasteiger charge is -2.29. The van der Waals surface area contributed by atoms with Crippen LogP contribution in [0.15, 0.2) is 18.2 Å². The van der Waals surface area contributed by atoms with Crippen molar-refractivity contribution in [1.82, 2.24) is 10.3 Å². The summed E-state index contributed by atoms with van der Waals surface area (Å²) in [4.78, 5) is 5.91. The zero-order valence-electron chi connectivity index (χ0n) is 10.9. The zero-order chi connectivity index (χ0) is 12.5. The molecule has 3 rings (SSSR count). The van der Waals surface area contributed by atoms with Gasteiger partial charge in [-0.15, -0.1) is 0 Å². The van der Waals surface area contributed by atoms with Crippen LogP contribution in [0.4, 0.5) is 5.69 Å². The fourth-order valence-corrected chi connectivity index (χ4v) is 2.77. The highest BCUT2D eigenvalue weighted by molar-refractivity contribution is 5.98. The van der Waals surface area contributed by atoms with Crippen molar-refractivity contribution in [3.8, 4) is 5.75 Å². The minimum atomic E-state index is 0.914. The molecule has 1 fully saturated rings. The Morgan fingerprint density at radius 2 is 2.00 bits per heavy atom. The van der Waals surface area contributed by atoms with Crippen molar-refractivity contribution in [2.75, 3.05) is 38.2 Å². The number of benzene rings is 1. The minimum absolute atomic E-state index is 0.914. The number of hydrogen-bond donors (Lipinski definition) is 2. The number of H-pyrrole nitrogens is 1. The van der Waals surface area contributed by atoms with Gasteiger partial charge in [-0.1, -0.05) is 12.1 Å². The summed E-state index contributed by atoms with van der Waals surface area (Å²) in [6.07, 6.45) is 0. The van der Waals surface area contributed by atoms with E-state index in [1.165, 1.54) is 16.8 Å². The van der Waals surface area contributed by atoms with Crippen LogP contribution in [0.1, 0.15) is 5.69 Å². The van der Waals surface area contributed by atoms with Crippen LogP contribution >= 0.6 is 0 Å². The molecule has 0 atom stereocenters. The van der Waals surface area contributed by atoms with E-state index in [0.29, 0.717) is 0 Å². The fraction of sp³-hybridized carbons (Fsp3) is 0.429. The van der Waals surface area contributed by atoms with E-state index >= 15 is 0 Å². The van der Waals surface area contributed by atoms with E-state index in [2.05, 4.69) is 34.3 Å². The van der Waals surface area contributed by atoms with Gasteiger partial charge in [0.1, 0.15) is 5.75 Å².